The van der Waals surface area contributed by atoms with Crippen LogP contribution in [0.5, 0.6) is 0 Å². The molecule has 2 fully saturated rings. The maximum absolute atomic E-state index is 12.9. The van der Waals surface area contributed by atoms with E-state index in [0.717, 1.165) is 31.2 Å². The largest absolute Gasteiger partial charge is 0.392 e. The molecule has 2 saturated carbocycles. The average Bonchev–Trinajstić information content (AvgIpc) is 2.85. The van der Waals surface area contributed by atoms with Crippen LogP contribution in [0.25, 0.3) is 0 Å². The van der Waals surface area contributed by atoms with Gasteiger partial charge in [-0.25, -0.2) is 4.98 Å². The zero-order chi connectivity index (χ0) is 24.3. The van der Waals surface area contributed by atoms with Gasteiger partial charge in [0.25, 0.3) is 5.91 Å². The predicted molar refractivity (Wildman–Crippen MR) is 127 cm³/mol. The van der Waals surface area contributed by atoms with Crippen LogP contribution in [0.4, 0.5) is 0 Å². The van der Waals surface area contributed by atoms with Crippen molar-refractivity contribution in [3.05, 3.63) is 54.4 Å². The summed E-state index contributed by atoms with van der Waals surface area (Å²) in [5.74, 6) is -0.642. The lowest BCUT2D eigenvalue weighted by molar-refractivity contribution is -0.142. The second kappa shape index (κ2) is 10.2. The number of carbonyl (C=O) groups excluding carboxylic acids is 2. The molecule has 0 bridgehead atoms. The minimum absolute atomic E-state index is 0.000677. The fourth-order valence-electron chi connectivity index (χ4n) is 6.20. The van der Waals surface area contributed by atoms with Gasteiger partial charge >= 0.3 is 0 Å². The predicted octanol–water partition coefficient (Wildman–Crippen LogP) is 2.75. The van der Waals surface area contributed by atoms with Crippen LogP contribution in [0.1, 0.15) is 62.5 Å². The first-order chi connectivity index (χ1) is 16.3. The van der Waals surface area contributed by atoms with E-state index in [1.807, 2.05) is 19.1 Å². The molecular formula is C26H35N5O3. The second-order valence-corrected chi connectivity index (χ2v) is 10.3. The third-order valence-electron chi connectivity index (χ3n) is 8.25. The molecule has 7 atom stereocenters. The third-order valence-corrected chi connectivity index (χ3v) is 8.25. The highest BCUT2D eigenvalue weighted by molar-refractivity contribution is 5.92. The van der Waals surface area contributed by atoms with E-state index in [4.69, 9.17) is 0 Å². The van der Waals surface area contributed by atoms with Crippen LogP contribution in [0.2, 0.25) is 0 Å². The summed E-state index contributed by atoms with van der Waals surface area (Å²) in [6.45, 7) is 6.70. The van der Waals surface area contributed by atoms with Crippen molar-refractivity contribution in [2.24, 2.45) is 29.1 Å². The minimum Gasteiger partial charge on any atom is -0.392 e. The number of aliphatic hydroxyl groups is 1. The Kier molecular flexibility index (Phi) is 7.26. The minimum atomic E-state index is -0.607. The molecule has 4 rings (SSSR count). The number of amides is 2. The highest BCUT2D eigenvalue weighted by Gasteiger charge is 2.53. The van der Waals surface area contributed by atoms with Crippen LogP contribution in [-0.2, 0) is 11.3 Å². The van der Waals surface area contributed by atoms with Gasteiger partial charge in [-0.15, -0.1) is 0 Å². The highest BCUT2D eigenvalue weighted by Crippen LogP contribution is 2.55. The molecule has 2 aromatic rings. The van der Waals surface area contributed by atoms with Crippen molar-refractivity contribution in [2.45, 2.75) is 65.1 Å². The number of hydrogen-bond donors (Lipinski definition) is 3. The molecule has 2 amide bonds. The number of hydrogen-bond acceptors (Lipinski definition) is 6. The van der Waals surface area contributed by atoms with Gasteiger partial charge in [0.15, 0.2) is 0 Å². The van der Waals surface area contributed by atoms with Gasteiger partial charge < -0.3 is 15.7 Å². The number of nitrogens with zero attached hydrogens (tertiary/aromatic N) is 3. The van der Waals surface area contributed by atoms with Crippen LogP contribution in [-0.4, -0.2) is 44.0 Å². The highest BCUT2D eigenvalue weighted by atomic mass is 16.3. The van der Waals surface area contributed by atoms with E-state index in [-0.39, 0.29) is 46.9 Å². The molecule has 34 heavy (non-hydrogen) atoms. The number of fused-ring (bicyclic) bond motifs is 1. The lowest BCUT2D eigenvalue weighted by Crippen LogP contribution is -2.58. The van der Waals surface area contributed by atoms with Gasteiger partial charge in [0.1, 0.15) is 5.69 Å². The fourth-order valence-corrected chi connectivity index (χ4v) is 6.20. The number of rotatable bonds is 6. The topological polar surface area (TPSA) is 117 Å². The van der Waals surface area contributed by atoms with E-state index in [0.29, 0.717) is 12.2 Å². The maximum atomic E-state index is 12.9. The Morgan fingerprint density at radius 1 is 1.18 bits per heavy atom. The lowest BCUT2D eigenvalue weighted by Gasteiger charge is -2.56. The third kappa shape index (κ3) is 4.97. The van der Waals surface area contributed by atoms with Crippen molar-refractivity contribution in [2.75, 3.05) is 0 Å². The Morgan fingerprint density at radius 2 is 1.94 bits per heavy atom. The number of aromatic nitrogens is 3. The summed E-state index contributed by atoms with van der Waals surface area (Å²) < 4.78 is 0. The Bertz CT molecular complexity index is 988. The molecule has 8 nitrogen and oxygen atoms in total. The monoisotopic (exact) mass is 465 g/mol. The van der Waals surface area contributed by atoms with Gasteiger partial charge in [-0.2, -0.15) is 0 Å². The Morgan fingerprint density at radius 3 is 2.65 bits per heavy atom. The summed E-state index contributed by atoms with van der Waals surface area (Å²) in [5.41, 5.74) is 1.24. The van der Waals surface area contributed by atoms with Gasteiger partial charge in [0.2, 0.25) is 5.91 Å². The number of nitrogens with one attached hydrogen (secondary N) is 2. The summed E-state index contributed by atoms with van der Waals surface area (Å²) in [6, 6.07) is 3.72. The summed E-state index contributed by atoms with van der Waals surface area (Å²) >= 11 is 0. The van der Waals surface area contributed by atoms with E-state index in [1.54, 1.807) is 12.4 Å². The van der Waals surface area contributed by atoms with Crippen molar-refractivity contribution in [3.8, 4) is 0 Å². The molecule has 0 aromatic carbocycles. The number of aliphatic hydroxyl groups excluding tert-OH is 1. The molecule has 2 aliphatic carbocycles. The first-order valence-electron chi connectivity index (χ1n) is 12.2. The van der Waals surface area contributed by atoms with E-state index < -0.39 is 6.10 Å². The van der Waals surface area contributed by atoms with Gasteiger partial charge in [-0.05, 0) is 60.5 Å². The fraction of sp³-hybridized carbons (Fsp3) is 0.577. The lowest BCUT2D eigenvalue weighted by atomic mass is 9.51. The first kappa shape index (κ1) is 24.3. The molecule has 182 valence electrons. The maximum Gasteiger partial charge on any atom is 0.271 e. The number of carbonyl (C=O) groups is 2. The van der Waals surface area contributed by atoms with Crippen LogP contribution in [0, 0.1) is 29.1 Å². The van der Waals surface area contributed by atoms with Gasteiger partial charge in [0, 0.05) is 43.3 Å². The van der Waals surface area contributed by atoms with Crippen LogP contribution in [0.3, 0.4) is 0 Å². The van der Waals surface area contributed by atoms with Crippen molar-refractivity contribution < 1.29 is 14.7 Å². The summed E-state index contributed by atoms with van der Waals surface area (Å²) in [6.07, 6.45) is 10.9. The van der Waals surface area contributed by atoms with Gasteiger partial charge in [0.05, 0.1) is 12.3 Å². The van der Waals surface area contributed by atoms with Crippen molar-refractivity contribution in [1.82, 2.24) is 25.6 Å². The van der Waals surface area contributed by atoms with Gasteiger partial charge in [-0.3, -0.25) is 19.6 Å². The Labute approximate surface area is 201 Å². The van der Waals surface area contributed by atoms with Crippen molar-refractivity contribution in [3.63, 3.8) is 0 Å². The first-order valence-corrected chi connectivity index (χ1v) is 12.2. The molecule has 3 N–H and O–H groups in total. The summed E-state index contributed by atoms with van der Waals surface area (Å²) in [4.78, 5) is 37.8. The van der Waals surface area contributed by atoms with Gasteiger partial charge in [-0.1, -0.05) is 26.8 Å². The van der Waals surface area contributed by atoms with Crippen LogP contribution >= 0.6 is 0 Å². The smallest absolute Gasteiger partial charge is 0.271 e. The molecule has 2 aliphatic rings. The van der Waals surface area contributed by atoms with E-state index >= 15 is 0 Å². The molecule has 0 spiro atoms. The quantitative estimate of drug-likeness (QED) is 0.604. The van der Waals surface area contributed by atoms with Crippen molar-refractivity contribution >= 4 is 11.8 Å². The molecular weight excluding hydrogens is 430 g/mol. The number of pyridine rings is 1. The summed E-state index contributed by atoms with van der Waals surface area (Å²) in [5, 5.41) is 17.7. The molecule has 2 heterocycles. The zero-order valence-electron chi connectivity index (χ0n) is 20.1. The van der Waals surface area contributed by atoms with E-state index in [1.165, 1.54) is 18.6 Å². The SMILES string of the molecule is C[C@@H]1[C@@H]2[C@@H](O)[C@H]([C@H](C)C(=O)NCc3cccnc3)CC[C@]2(C)CC[C@@H]1NC(=O)c1cnccn1. The normalized spacial score (nSPS) is 31.7. The second-order valence-electron chi connectivity index (χ2n) is 10.3. The molecule has 0 saturated heterocycles. The average molecular weight is 466 g/mol. The zero-order valence-corrected chi connectivity index (χ0v) is 20.1. The molecule has 0 radical (unpaired) electrons. The molecule has 0 aliphatic heterocycles. The van der Waals surface area contributed by atoms with E-state index in [2.05, 4.69) is 39.4 Å². The molecule has 0 unspecified atom stereocenters. The Balaban J connectivity index is 1.42. The van der Waals surface area contributed by atoms with Crippen molar-refractivity contribution in [1.29, 1.82) is 0 Å². The van der Waals surface area contributed by atoms with Crippen LogP contribution < -0.4 is 10.6 Å². The molecule has 8 heteroatoms. The van der Waals surface area contributed by atoms with Crippen LogP contribution in [0.15, 0.2) is 43.1 Å². The summed E-state index contributed by atoms with van der Waals surface area (Å²) in [7, 11) is 0. The standard InChI is InChI=1S/C26H35N5O3/c1-16(24(33)30-14-18-5-4-10-27-13-18)19-6-8-26(3)9-7-20(17(2)22(26)23(19)32)31-25(34)21-15-28-11-12-29-21/h4-5,10-13,15-17,19-20,22-23,32H,6-9,14H2,1-3H3,(H,30,33)(H,31,34)/t16-,17-,19-,20-,22+,23-,26+/m0/s1. The van der Waals surface area contributed by atoms with E-state index in [9.17, 15) is 14.7 Å². The Hall–Kier alpha value is -2.87. The molecule has 2 aromatic heterocycles.